The van der Waals surface area contributed by atoms with Gasteiger partial charge in [0, 0.05) is 24.9 Å². The largest absolute Gasteiger partial charge is 0.406 e. The smallest absolute Gasteiger partial charge is 0.261 e. The van der Waals surface area contributed by atoms with Crippen molar-refractivity contribution in [1.29, 1.82) is 0 Å². The van der Waals surface area contributed by atoms with Crippen molar-refractivity contribution < 1.29 is 27.4 Å². The van der Waals surface area contributed by atoms with Crippen LogP contribution in [0, 0.1) is 22.8 Å². The second kappa shape index (κ2) is 14.4. The predicted octanol–water partition coefficient (Wildman–Crippen LogP) is 5.82. The van der Waals surface area contributed by atoms with Crippen LogP contribution in [0.15, 0.2) is 108 Å². The number of benzene rings is 3. The summed E-state index contributed by atoms with van der Waals surface area (Å²) in [5.41, 5.74) is 3.34. The standard InChI is InChI=1S/C42H52N2O6SSi2/c1-41(2,3)53(34-21-12-8-13-22-34,35-23-14-9-15-24-35)48-30-31-29-42-37(25-26-43-40(42)45)36-28-32(18-16-17-27-52(4,5)6)49-50-38(36)39(42)44(31)51(46,47)33-19-10-7-11-20-33/h7-15,19-24,28,31-32,37-39H,16,18,25-26,29-30H2,1-6H3,(H,43,45)/t31-,32?,37+,38?,39-,42-/m1/s1. The molecule has 0 aromatic heterocycles. The number of nitrogens with zero attached hydrogens (tertiary/aromatic N) is 1. The number of rotatable bonds is 9. The minimum atomic E-state index is -4.14. The molecule has 1 spiro atoms. The molecule has 1 aliphatic carbocycles. The number of carbonyl (C=O) groups is 1. The Kier molecular flexibility index (Phi) is 10.3. The first-order chi connectivity index (χ1) is 25.2. The molecule has 2 unspecified atom stereocenters. The van der Waals surface area contributed by atoms with E-state index in [1.54, 1.807) is 34.6 Å². The van der Waals surface area contributed by atoms with E-state index in [2.05, 4.69) is 87.5 Å². The zero-order chi connectivity index (χ0) is 37.6. The Bertz CT molecular complexity index is 1960. The molecule has 3 aromatic carbocycles. The van der Waals surface area contributed by atoms with Gasteiger partial charge in [0.05, 0.1) is 23.0 Å². The summed E-state index contributed by atoms with van der Waals surface area (Å²) in [5, 5.41) is 5.04. The van der Waals surface area contributed by atoms with Crippen LogP contribution in [0.25, 0.3) is 0 Å². The van der Waals surface area contributed by atoms with E-state index in [1.165, 1.54) is 0 Å². The summed E-state index contributed by atoms with van der Waals surface area (Å²) in [6.07, 6.45) is 3.37. The molecule has 3 aliphatic heterocycles. The molecular formula is C42H52N2O6SSi2. The maximum Gasteiger partial charge on any atom is 0.261 e. The van der Waals surface area contributed by atoms with Gasteiger partial charge < -0.3 is 9.74 Å². The maximum absolute atomic E-state index is 15.0. The van der Waals surface area contributed by atoms with Gasteiger partial charge in [-0.05, 0) is 52.4 Å². The molecule has 4 aliphatic rings. The average Bonchev–Trinajstić information content (AvgIpc) is 3.61. The summed E-state index contributed by atoms with van der Waals surface area (Å²) in [7, 11) is -8.70. The summed E-state index contributed by atoms with van der Waals surface area (Å²) in [6, 6.07) is 27.8. The van der Waals surface area contributed by atoms with E-state index in [0.717, 1.165) is 15.9 Å². The van der Waals surface area contributed by atoms with Crippen molar-refractivity contribution in [3.05, 3.63) is 103 Å². The monoisotopic (exact) mass is 768 g/mol. The van der Waals surface area contributed by atoms with Crippen molar-refractivity contribution in [3.8, 4) is 11.5 Å². The fraction of sp³-hybridized carbons (Fsp3) is 0.452. The number of hydrogen-bond donors (Lipinski definition) is 1. The van der Waals surface area contributed by atoms with E-state index in [-0.39, 0.29) is 34.5 Å². The first kappa shape index (κ1) is 37.9. The first-order valence-corrected chi connectivity index (χ1v) is 25.7. The predicted molar refractivity (Wildman–Crippen MR) is 213 cm³/mol. The van der Waals surface area contributed by atoms with Crippen LogP contribution in [0.3, 0.4) is 0 Å². The Morgan fingerprint density at radius 3 is 2.11 bits per heavy atom. The lowest BCUT2D eigenvalue weighted by Gasteiger charge is -2.44. The van der Waals surface area contributed by atoms with Gasteiger partial charge in [0.1, 0.15) is 20.3 Å². The summed E-state index contributed by atoms with van der Waals surface area (Å²) in [5.74, 6) is 3.00. The van der Waals surface area contributed by atoms with Crippen LogP contribution in [-0.2, 0) is 29.0 Å². The van der Waals surface area contributed by atoms with Crippen LogP contribution in [0.1, 0.15) is 46.5 Å². The molecule has 280 valence electrons. The van der Waals surface area contributed by atoms with Crippen molar-refractivity contribution in [2.75, 3.05) is 13.2 Å². The Hall–Kier alpha value is -3.35. The molecule has 1 amide bonds. The number of nitrogens with one attached hydrogen (secondary N) is 1. The third-order valence-electron chi connectivity index (χ3n) is 11.4. The van der Waals surface area contributed by atoms with E-state index in [0.29, 0.717) is 32.2 Å². The molecule has 1 N–H and O–H groups in total. The van der Waals surface area contributed by atoms with E-state index >= 15 is 8.42 Å². The Labute approximate surface area is 317 Å². The minimum absolute atomic E-state index is 0.114. The number of hydrogen-bond acceptors (Lipinski definition) is 6. The van der Waals surface area contributed by atoms with E-state index in [4.69, 9.17) is 14.2 Å². The van der Waals surface area contributed by atoms with E-state index < -0.39 is 50.0 Å². The molecule has 6 atom stereocenters. The van der Waals surface area contributed by atoms with Gasteiger partial charge in [-0.2, -0.15) is 4.31 Å². The zero-order valence-corrected chi connectivity index (χ0v) is 34.5. The fourth-order valence-corrected chi connectivity index (χ4v) is 16.5. The van der Waals surface area contributed by atoms with Crippen LogP contribution in [-0.4, -0.2) is 72.5 Å². The van der Waals surface area contributed by atoms with Crippen LogP contribution < -0.4 is 15.7 Å². The second-order valence-corrected chi connectivity index (χ2v) is 27.9. The van der Waals surface area contributed by atoms with Gasteiger partial charge >= 0.3 is 0 Å². The quantitative estimate of drug-likeness (QED) is 0.128. The normalized spacial score (nSPS) is 27.5. The lowest BCUT2D eigenvalue weighted by molar-refractivity contribution is -0.347. The first-order valence-electron chi connectivity index (χ1n) is 18.9. The maximum atomic E-state index is 15.0. The SMILES string of the molecule is CC(C)(C)[Si](OC[C@H]1C[C@@]23C(=O)NCC[C@H]2C2=CC(CCC#C[Si](C)(C)C)OOC2[C@H]3N1S(=O)(=O)c1ccccc1)(c1ccccc1)c1ccccc1. The topological polar surface area (TPSA) is 94.2 Å². The lowest BCUT2D eigenvalue weighted by Crippen LogP contribution is -2.67. The lowest BCUT2D eigenvalue weighted by atomic mass is 9.69. The van der Waals surface area contributed by atoms with Gasteiger partial charge in [-0.15, -0.1) is 11.5 Å². The summed E-state index contributed by atoms with van der Waals surface area (Å²) >= 11 is 0. The molecular weight excluding hydrogens is 717 g/mol. The Morgan fingerprint density at radius 1 is 0.925 bits per heavy atom. The highest BCUT2D eigenvalue weighted by atomic mass is 32.2. The van der Waals surface area contributed by atoms with E-state index in [9.17, 15) is 4.79 Å². The highest BCUT2D eigenvalue weighted by Gasteiger charge is 2.73. The minimum Gasteiger partial charge on any atom is -0.406 e. The molecule has 8 nitrogen and oxygen atoms in total. The third-order valence-corrected chi connectivity index (χ3v) is 19.3. The van der Waals surface area contributed by atoms with Gasteiger partial charge in [-0.25, -0.2) is 18.2 Å². The van der Waals surface area contributed by atoms with Crippen LogP contribution in [0.5, 0.6) is 0 Å². The fourth-order valence-electron chi connectivity index (χ4n) is 9.33. The second-order valence-electron chi connectivity index (χ2n) is 17.0. The zero-order valence-electron chi connectivity index (χ0n) is 31.7. The summed E-state index contributed by atoms with van der Waals surface area (Å²) in [4.78, 5) is 27.0. The van der Waals surface area contributed by atoms with Gasteiger partial charge in [-0.3, -0.25) is 4.79 Å². The third kappa shape index (κ3) is 6.71. The molecule has 3 fully saturated rings. The van der Waals surface area contributed by atoms with Crippen LogP contribution in [0.4, 0.5) is 0 Å². The molecule has 0 bridgehead atoms. The highest BCUT2D eigenvalue weighted by Crippen LogP contribution is 2.62. The van der Waals surface area contributed by atoms with Crippen molar-refractivity contribution >= 4 is 42.7 Å². The van der Waals surface area contributed by atoms with Crippen molar-refractivity contribution in [1.82, 2.24) is 9.62 Å². The van der Waals surface area contributed by atoms with Gasteiger partial charge in [-0.1, -0.05) is 125 Å². The molecule has 7 rings (SSSR count). The highest BCUT2D eigenvalue weighted by molar-refractivity contribution is 7.89. The molecule has 53 heavy (non-hydrogen) atoms. The number of piperidine rings is 1. The number of amides is 1. The molecule has 3 aromatic rings. The molecule has 0 radical (unpaired) electrons. The van der Waals surface area contributed by atoms with Gasteiger partial charge in [0.25, 0.3) is 8.32 Å². The summed E-state index contributed by atoms with van der Waals surface area (Å²) in [6.45, 7) is 13.9. The van der Waals surface area contributed by atoms with Crippen LogP contribution >= 0.6 is 0 Å². The van der Waals surface area contributed by atoms with Gasteiger partial charge in [0.2, 0.25) is 15.9 Å². The molecule has 3 heterocycles. The average molecular weight is 769 g/mol. The molecule has 2 saturated heterocycles. The van der Waals surface area contributed by atoms with Gasteiger partial charge in [0.15, 0.2) is 0 Å². The molecule has 1 saturated carbocycles. The number of carbonyl (C=O) groups excluding carboxylic acids is 1. The summed E-state index contributed by atoms with van der Waals surface area (Å²) < 4.78 is 39.1. The van der Waals surface area contributed by atoms with Crippen molar-refractivity contribution in [3.63, 3.8) is 0 Å². The van der Waals surface area contributed by atoms with E-state index in [1.807, 2.05) is 36.4 Å². The Balaban J connectivity index is 1.32. The van der Waals surface area contributed by atoms with Crippen LogP contribution in [0.2, 0.25) is 24.7 Å². The number of fused-ring (bicyclic) bond motifs is 3. The molecule has 11 heteroatoms. The Morgan fingerprint density at radius 2 is 1.53 bits per heavy atom. The van der Waals surface area contributed by atoms with Crippen molar-refractivity contribution in [2.24, 2.45) is 11.3 Å². The van der Waals surface area contributed by atoms with Crippen molar-refractivity contribution in [2.45, 2.75) is 100 Å². The number of sulfonamides is 1.